The molecule has 1 aliphatic rings. The first-order valence-corrected chi connectivity index (χ1v) is 9.45. The number of aryl methyl sites for hydroxylation is 1. The van der Waals surface area contributed by atoms with Crippen molar-refractivity contribution in [1.82, 2.24) is 20.3 Å². The van der Waals surface area contributed by atoms with Crippen LogP contribution in [0.2, 0.25) is 0 Å². The molecule has 0 spiro atoms. The van der Waals surface area contributed by atoms with Crippen LogP contribution in [0.15, 0.2) is 46.1 Å². The minimum absolute atomic E-state index is 0.810. The second-order valence-corrected chi connectivity index (χ2v) is 6.73. The molecule has 0 radical (unpaired) electrons. The summed E-state index contributed by atoms with van der Waals surface area (Å²) in [7, 11) is 0. The van der Waals surface area contributed by atoms with Crippen LogP contribution in [-0.4, -0.2) is 60.2 Å². The van der Waals surface area contributed by atoms with Gasteiger partial charge in [-0.3, -0.25) is 9.89 Å². The zero-order valence-corrected chi connectivity index (χ0v) is 15.8. The summed E-state index contributed by atoms with van der Waals surface area (Å²) in [5.74, 6) is 1.03. The molecule has 6 heteroatoms. The van der Waals surface area contributed by atoms with Gasteiger partial charge in [-0.2, -0.15) is 0 Å². The fraction of sp³-hybridized carbons (Fsp3) is 0.500. The maximum absolute atomic E-state index is 4.92. The van der Waals surface area contributed by atoms with E-state index >= 15 is 0 Å². The van der Waals surface area contributed by atoms with E-state index in [2.05, 4.69) is 58.4 Å². The highest BCUT2D eigenvalue weighted by Crippen LogP contribution is 2.08. The van der Waals surface area contributed by atoms with Crippen molar-refractivity contribution < 1.29 is 4.52 Å². The molecule has 1 fully saturated rings. The second kappa shape index (κ2) is 9.38. The van der Waals surface area contributed by atoms with Crippen LogP contribution in [0.1, 0.15) is 23.7 Å². The lowest BCUT2D eigenvalue weighted by Gasteiger charge is -2.36. The van der Waals surface area contributed by atoms with Gasteiger partial charge in [-0.25, -0.2) is 0 Å². The Hall–Kier alpha value is -2.34. The Morgan fingerprint density at radius 3 is 2.58 bits per heavy atom. The van der Waals surface area contributed by atoms with Gasteiger partial charge < -0.3 is 14.7 Å². The molecule has 1 aliphatic heterocycles. The van der Waals surface area contributed by atoms with E-state index in [0.29, 0.717) is 0 Å². The molecular weight excluding hydrogens is 326 g/mol. The molecule has 2 heterocycles. The number of hydrogen-bond donors (Lipinski definition) is 1. The van der Waals surface area contributed by atoms with Gasteiger partial charge in [0.05, 0.1) is 5.69 Å². The molecule has 1 aromatic carbocycles. The fourth-order valence-electron chi connectivity index (χ4n) is 3.14. The summed E-state index contributed by atoms with van der Waals surface area (Å²) in [6, 6.07) is 10.7. The molecule has 3 rings (SSSR count). The minimum atomic E-state index is 0.810. The van der Waals surface area contributed by atoms with Crippen molar-refractivity contribution in [3.63, 3.8) is 0 Å². The average Bonchev–Trinajstić information content (AvgIpc) is 3.16. The standard InChI is InChI=1S/C20H29N5O/c1-3-21-20(22-10-8-18-6-4-17(2)5-7-18)25-13-11-24(12-14-25)16-19-9-15-26-23-19/h4-7,9,15H,3,8,10-14,16H2,1-2H3,(H,21,22). The molecule has 26 heavy (non-hydrogen) atoms. The number of hydrogen-bond acceptors (Lipinski definition) is 4. The van der Waals surface area contributed by atoms with Crippen LogP contribution in [0.5, 0.6) is 0 Å². The molecule has 0 saturated carbocycles. The lowest BCUT2D eigenvalue weighted by Crippen LogP contribution is -2.52. The average molecular weight is 355 g/mol. The summed E-state index contributed by atoms with van der Waals surface area (Å²) in [6.45, 7) is 10.8. The van der Waals surface area contributed by atoms with E-state index in [1.807, 2.05) is 6.07 Å². The number of rotatable bonds is 6. The van der Waals surface area contributed by atoms with Crippen molar-refractivity contribution in [2.45, 2.75) is 26.8 Å². The highest BCUT2D eigenvalue weighted by molar-refractivity contribution is 5.80. The van der Waals surface area contributed by atoms with Gasteiger partial charge >= 0.3 is 0 Å². The highest BCUT2D eigenvalue weighted by atomic mass is 16.5. The summed E-state index contributed by atoms with van der Waals surface area (Å²) < 4.78 is 4.92. The Labute approximate surface area is 155 Å². The Morgan fingerprint density at radius 2 is 1.92 bits per heavy atom. The first-order chi connectivity index (χ1) is 12.7. The van der Waals surface area contributed by atoms with Crippen molar-refractivity contribution in [2.24, 2.45) is 4.99 Å². The van der Waals surface area contributed by atoms with Crippen molar-refractivity contribution >= 4 is 5.96 Å². The molecular formula is C20H29N5O. The van der Waals surface area contributed by atoms with Crippen LogP contribution in [0, 0.1) is 6.92 Å². The molecule has 0 bridgehead atoms. The first-order valence-electron chi connectivity index (χ1n) is 9.45. The predicted octanol–water partition coefficient (Wildman–Crippen LogP) is 2.31. The Morgan fingerprint density at radius 1 is 1.15 bits per heavy atom. The summed E-state index contributed by atoms with van der Waals surface area (Å²) in [4.78, 5) is 9.61. The van der Waals surface area contributed by atoms with Gasteiger partial charge in [-0.1, -0.05) is 35.0 Å². The third-order valence-electron chi connectivity index (χ3n) is 4.67. The number of piperazine rings is 1. The summed E-state index contributed by atoms with van der Waals surface area (Å²) in [5.41, 5.74) is 3.64. The van der Waals surface area contributed by atoms with Crippen molar-refractivity contribution in [1.29, 1.82) is 0 Å². The quantitative estimate of drug-likeness (QED) is 0.637. The zero-order chi connectivity index (χ0) is 18.2. The summed E-state index contributed by atoms with van der Waals surface area (Å²) >= 11 is 0. The molecule has 0 unspecified atom stereocenters. The predicted molar refractivity (Wildman–Crippen MR) is 104 cm³/mol. The largest absolute Gasteiger partial charge is 0.364 e. The van der Waals surface area contributed by atoms with Crippen LogP contribution >= 0.6 is 0 Å². The number of nitrogens with zero attached hydrogens (tertiary/aromatic N) is 4. The molecule has 140 valence electrons. The van der Waals surface area contributed by atoms with Gasteiger partial charge in [0.15, 0.2) is 5.96 Å². The third kappa shape index (κ3) is 5.33. The van der Waals surface area contributed by atoms with E-state index < -0.39 is 0 Å². The Balaban J connectivity index is 1.50. The van der Waals surface area contributed by atoms with Crippen molar-refractivity contribution in [3.05, 3.63) is 53.4 Å². The molecule has 0 atom stereocenters. The number of guanidine groups is 1. The van der Waals surface area contributed by atoms with E-state index in [4.69, 9.17) is 9.52 Å². The lowest BCUT2D eigenvalue weighted by atomic mass is 10.1. The molecule has 1 aromatic heterocycles. The van der Waals surface area contributed by atoms with E-state index in [1.165, 1.54) is 11.1 Å². The molecule has 1 saturated heterocycles. The number of aromatic nitrogens is 1. The van der Waals surface area contributed by atoms with E-state index in [-0.39, 0.29) is 0 Å². The number of nitrogens with one attached hydrogen (secondary N) is 1. The third-order valence-corrected chi connectivity index (χ3v) is 4.67. The lowest BCUT2D eigenvalue weighted by molar-refractivity contribution is 0.169. The first kappa shape index (κ1) is 18.5. The van der Waals surface area contributed by atoms with E-state index in [0.717, 1.165) is 63.9 Å². The SMILES string of the molecule is CCNC(=NCCc1ccc(C)cc1)N1CCN(Cc2ccon2)CC1. The summed E-state index contributed by atoms with van der Waals surface area (Å²) in [6.07, 6.45) is 2.61. The van der Waals surface area contributed by atoms with Crippen LogP contribution in [-0.2, 0) is 13.0 Å². The van der Waals surface area contributed by atoms with Gasteiger partial charge in [0.25, 0.3) is 0 Å². The maximum atomic E-state index is 4.92. The van der Waals surface area contributed by atoms with Gasteiger partial charge in [0.2, 0.25) is 0 Å². The minimum Gasteiger partial charge on any atom is -0.364 e. The van der Waals surface area contributed by atoms with E-state index in [1.54, 1.807) is 6.26 Å². The monoisotopic (exact) mass is 355 g/mol. The number of aliphatic imine (C=N–C) groups is 1. The molecule has 0 aliphatic carbocycles. The summed E-state index contributed by atoms with van der Waals surface area (Å²) in [5, 5.41) is 7.44. The van der Waals surface area contributed by atoms with Crippen LogP contribution in [0.25, 0.3) is 0 Å². The molecule has 6 nitrogen and oxygen atoms in total. The van der Waals surface area contributed by atoms with Gasteiger partial charge in [0, 0.05) is 51.9 Å². The number of benzene rings is 1. The molecule has 1 N–H and O–H groups in total. The maximum Gasteiger partial charge on any atom is 0.194 e. The molecule has 2 aromatic rings. The zero-order valence-electron chi connectivity index (χ0n) is 15.8. The van der Waals surface area contributed by atoms with Gasteiger partial charge in [-0.15, -0.1) is 0 Å². The van der Waals surface area contributed by atoms with Gasteiger partial charge in [0.1, 0.15) is 6.26 Å². The topological polar surface area (TPSA) is 56.9 Å². The Kier molecular flexibility index (Phi) is 6.66. The van der Waals surface area contributed by atoms with Crippen LogP contribution < -0.4 is 5.32 Å². The normalized spacial score (nSPS) is 16.1. The van der Waals surface area contributed by atoms with Crippen LogP contribution in [0.3, 0.4) is 0 Å². The Bertz CT molecular complexity index is 673. The highest BCUT2D eigenvalue weighted by Gasteiger charge is 2.20. The van der Waals surface area contributed by atoms with Crippen LogP contribution in [0.4, 0.5) is 0 Å². The smallest absolute Gasteiger partial charge is 0.194 e. The molecule has 0 amide bonds. The van der Waals surface area contributed by atoms with Crippen molar-refractivity contribution in [2.75, 3.05) is 39.3 Å². The van der Waals surface area contributed by atoms with Gasteiger partial charge in [-0.05, 0) is 25.8 Å². The second-order valence-electron chi connectivity index (χ2n) is 6.73. The fourth-order valence-corrected chi connectivity index (χ4v) is 3.14. The van der Waals surface area contributed by atoms with E-state index in [9.17, 15) is 0 Å². The van der Waals surface area contributed by atoms with Crippen molar-refractivity contribution in [3.8, 4) is 0 Å².